The molecule has 1 aromatic rings. The quantitative estimate of drug-likeness (QED) is 0.778. The van der Waals surface area contributed by atoms with Gasteiger partial charge >= 0.3 is 0 Å². The standard InChI is InChI=1S/C10H15N3O/c1-2-4-10(11-6-3-1)12-8-9-5-7-14-13-9/h5,7H,1-4,6,8H2,(H,11,12). The van der Waals surface area contributed by atoms with Crippen LogP contribution in [0.25, 0.3) is 0 Å². The van der Waals surface area contributed by atoms with Crippen LogP contribution in [0.4, 0.5) is 0 Å². The maximum Gasteiger partial charge on any atom is 0.124 e. The molecule has 0 spiro atoms. The molecule has 0 atom stereocenters. The summed E-state index contributed by atoms with van der Waals surface area (Å²) in [6.45, 7) is 1.68. The van der Waals surface area contributed by atoms with Crippen LogP contribution in [-0.4, -0.2) is 17.5 Å². The molecule has 1 N–H and O–H groups in total. The summed E-state index contributed by atoms with van der Waals surface area (Å²) in [6.07, 6.45) is 6.40. The molecule has 1 aromatic heterocycles. The van der Waals surface area contributed by atoms with Crippen LogP contribution in [0.1, 0.15) is 31.4 Å². The number of nitrogens with zero attached hydrogens (tertiary/aromatic N) is 2. The normalized spacial score (nSPS) is 17.3. The smallest absolute Gasteiger partial charge is 0.124 e. The Hall–Kier alpha value is -1.32. The molecule has 2 rings (SSSR count). The molecule has 1 aliphatic heterocycles. The summed E-state index contributed by atoms with van der Waals surface area (Å²) < 4.78 is 4.75. The summed E-state index contributed by atoms with van der Waals surface area (Å²) in [6, 6.07) is 1.87. The summed E-state index contributed by atoms with van der Waals surface area (Å²) in [5, 5.41) is 7.12. The second-order valence-electron chi connectivity index (χ2n) is 3.48. The molecule has 76 valence electrons. The van der Waals surface area contributed by atoms with Crippen molar-refractivity contribution in [1.82, 2.24) is 10.5 Å². The van der Waals surface area contributed by atoms with Gasteiger partial charge in [0.1, 0.15) is 12.0 Å². The lowest BCUT2D eigenvalue weighted by atomic mass is 10.2. The first-order chi connectivity index (χ1) is 6.95. The number of hydrogen-bond acceptors (Lipinski definition) is 4. The van der Waals surface area contributed by atoms with Gasteiger partial charge in [0.25, 0.3) is 0 Å². The van der Waals surface area contributed by atoms with Gasteiger partial charge in [0, 0.05) is 19.0 Å². The molecule has 0 saturated heterocycles. The minimum Gasteiger partial charge on any atom is -0.368 e. The topological polar surface area (TPSA) is 50.4 Å². The Kier molecular flexibility index (Phi) is 3.16. The van der Waals surface area contributed by atoms with Crippen LogP contribution in [0.15, 0.2) is 21.8 Å². The molecule has 0 radical (unpaired) electrons. The van der Waals surface area contributed by atoms with Crippen molar-refractivity contribution in [1.29, 1.82) is 0 Å². The van der Waals surface area contributed by atoms with Crippen LogP contribution in [-0.2, 0) is 6.54 Å². The third-order valence-corrected chi connectivity index (χ3v) is 2.34. The van der Waals surface area contributed by atoms with Crippen LogP contribution in [0.5, 0.6) is 0 Å². The third kappa shape index (κ3) is 2.58. The molecule has 1 aliphatic rings. The van der Waals surface area contributed by atoms with Crippen molar-refractivity contribution < 1.29 is 4.52 Å². The average molecular weight is 193 g/mol. The van der Waals surface area contributed by atoms with Crippen LogP contribution in [0.2, 0.25) is 0 Å². The summed E-state index contributed by atoms with van der Waals surface area (Å²) in [4.78, 5) is 4.47. The maximum absolute atomic E-state index is 4.75. The molecule has 0 aliphatic carbocycles. The molecule has 14 heavy (non-hydrogen) atoms. The Morgan fingerprint density at radius 1 is 1.36 bits per heavy atom. The Morgan fingerprint density at radius 3 is 3.21 bits per heavy atom. The molecule has 0 bridgehead atoms. The van der Waals surface area contributed by atoms with Crippen molar-refractivity contribution in [3.8, 4) is 0 Å². The SMILES string of the molecule is c1cc(CNC2=NCCCCC2)no1. The summed E-state index contributed by atoms with van der Waals surface area (Å²) >= 11 is 0. The van der Waals surface area contributed by atoms with Crippen molar-refractivity contribution in [2.75, 3.05) is 6.54 Å². The fourth-order valence-corrected chi connectivity index (χ4v) is 1.54. The Morgan fingerprint density at radius 2 is 2.36 bits per heavy atom. The minimum absolute atomic E-state index is 0.718. The van der Waals surface area contributed by atoms with E-state index in [-0.39, 0.29) is 0 Å². The van der Waals surface area contributed by atoms with Crippen molar-refractivity contribution >= 4 is 5.84 Å². The average Bonchev–Trinajstić information content (AvgIpc) is 2.58. The maximum atomic E-state index is 4.75. The second-order valence-corrected chi connectivity index (χ2v) is 3.48. The number of amidine groups is 1. The zero-order chi connectivity index (χ0) is 9.64. The lowest BCUT2D eigenvalue weighted by molar-refractivity contribution is 0.410. The van der Waals surface area contributed by atoms with Gasteiger partial charge in [0.15, 0.2) is 0 Å². The van der Waals surface area contributed by atoms with Gasteiger partial charge in [0.2, 0.25) is 0 Å². The van der Waals surface area contributed by atoms with Gasteiger partial charge in [-0.2, -0.15) is 0 Å². The van der Waals surface area contributed by atoms with Gasteiger partial charge in [-0.25, -0.2) is 0 Å². The first-order valence-electron chi connectivity index (χ1n) is 5.11. The van der Waals surface area contributed by atoms with Crippen molar-refractivity contribution in [3.05, 3.63) is 18.0 Å². The Labute approximate surface area is 83.4 Å². The predicted molar refractivity (Wildman–Crippen MR) is 54.1 cm³/mol. The zero-order valence-corrected chi connectivity index (χ0v) is 8.20. The van der Waals surface area contributed by atoms with E-state index < -0.39 is 0 Å². The van der Waals surface area contributed by atoms with E-state index in [0.29, 0.717) is 0 Å². The molecule has 2 heterocycles. The number of aromatic nitrogens is 1. The fraction of sp³-hybridized carbons (Fsp3) is 0.600. The summed E-state index contributed by atoms with van der Waals surface area (Å²) in [7, 11) is 0. The van der Waals surface area contributed by atoms with Crippen molar-refractivity contribution in [2.24, 2.45) is 4.99 Å². The molecule has 0 saturated carbocycles. The predicted octanol–water partition coefficient (Wildman–Crippen LogP) is 1.74. The van der Waals surface area contributed by atoms with Gasteiger partial charge in [-0.05, 0) is 12.8 Å². The van der Waals surface area contributed by atoms with Gasteiger partial charge in [-0.15, -0.1) is 0 Å². The highest BCUT2D eigenvalue weighted by Gasteiger charge is 2.04. The Bertz CT molecular complexity index is 292. The molecular formula is C10H15N3O. The van der Waals surface area contributed by atoms with Gasteiger partial charge in [0.05, 0.1) is 12.4 Å². The molecule has 0 unspecified atom stereocenters. The van der Waals surface area contributed by atoms with E-state index in [4.69, 9.17) is 4.52 Å². The molecule has 4 nitrogen and oxygen atoms in total. The molecule has 0 amide bonds. The van der Waals surface area contributed by atoms with E-state index in [1.165, 1.54) is 19.3 Å². The Balaban J connectivity index is 1.82. The highest BCUT2D eigenvalue weighted by atomic mass is 16.5. The first kappa shape index (κ1) is 9.24. The van der Waals surface area contributed by atoms with E-state index in [2.05, 4.69) is 15.5 Å². The lowest BCUT2D eigenvalue weighted by Crippen LogP contribution is -2.22. The van der Waals surface area contributed by atoms with Gasteiger partial charge < -0.3 is 9.84 Å². The number of aliphatic imine (C=N–C) groups is 1. The number of hydrogen-bond donors (Lipinski definition) is 1. The zero-order valence-electron chi connectivity index (χ0n) is 8.20. The van der Waals surface area contributed by atoms with E-state index in [1.54, 1.807) is 6.26 Å². The number of nitrogens with one attached hydrogen (secondary N) is 1. The summed E-state index contributed by atoms with van der Waals surface area (Å²) in [5.74, 6) is 1.12. The lowest BCUT2D eigenvalue weighted by Gasteiger charge is -2.05. The van der Waals surface area contributed by atoms with Crippen LogP contribution >= 0.6 is 0 Å². The second kappa shape index (κ2) is 4.79. The van der Waals surface area contributed by atoms with Crippen molar-refractivity contribution in [3.63, 3.8) is 0 Å². The monoisotopic (exact) mass is 193 g/mol. The van der Waals surface area contributed by atoms with E-state index in [9.17, 15) is 0 Å². The highest BCUT2D eigenvalue weighted by Crippen LogP contribution is 2.06. The van der Waals surface area contributed by atoms with Gasteiger partial charge in [-0.3, -0.25) is 4.99 Å². The van der Waals surface area contributed by atoms with Crippen molar-refractivity contribution in [2.45, 2.75) is 32.2 Å². The number of rotatable bonds is 2. The molecule has 0 fully saturated rings. The third-order valence-electron chi connectivity index (χ3n) is 2.34. The van der Waals surface area contributed by atoms with E-state index >= 15 is 0 Å². The largest absolute Gasteiger partial charge is 0.368 e. The van der Waals surface area contributed by atoms with Crippen LogP contribution < -0.4 is 5.32 Å². The fourth-order valence-electron chi connectivity index (χ4n) is 1.54. The van der Waals surface area contributed by atoms with E-state index in [1.807, 2.05) is 6.07 Å². The highest BCUT2D eigenvalue weighted by molar-refractivity contribution is 5.82. The van der Waals surface area contributed by atoms with E-state index in [0.717, 1.165) is 31.0 Å². The van der Waals surface area contributed by atoms with Gasteiger partial charge in [-0.1, -0.05) is 11.6 Å². The summed E-state index contributed by atoms with van der Waals surface area (Å²) in [5.41, 5.74) is 0.928. The molecule has 4 heteroatoms. The minimum atomic E-state index is 0.718. The molecule has 0 aromatic carbocycles. The first-order valence-corrected chi connectivity index (χ1v) is 5.11. The van der Waals surface area contributed by atoms with Crippen LogP contribution in [0, 0.1) is 0 Å². The van der Waals surface area contributed by atoms with Crippen LogP contribution in [0.3, 0.4) is 0 Å². The molecular weight excluding hydrogens is 178 g/mol.